The first-order valence-corrected chi connectivity index (χ1v) is 9.70. The first-order chi connectivity index (χ1) is 12.8. The lowest BCUT2D eigenvalue weighted by Gasteiger charge is -2.28. The Morgan fingerprint density at radius 2 is 2.00 bits per heavy atom. The highest BCUT2D eigenvalue weighted by Crippen LogP contribution is 2.42. The Hall–Kier alpha value is -2.08. The summed E-state index contributed by atoms with van der Waals surface area (Å²) in [5.41, 5.74) is -0.0464. The van der Waals surface area contributed by atoms with Crippen molar-refractivity contribution in [3.63, 3.8) is 0 Å². The van der Waals surface area contributed by atoms with Crippen molar-refractivity contribution in [3.05, 3.63) is 23.8 Å². The second-order valence-corrected chi connectivity index (χ2v) is 7.22. The molecule has 1 aliphatic rings. The maximum Gasteiger partial charge on any atom is 0.341 e. The summed E-state index contributed by atoms with van der Waals surface area (Å²) in [6.45, 7) is 8.34. The Morgan fingerprint density at radius 3 is 2.56 bits per heavy atom. The monoisotopic (exact) mass is 377 g/mol. The molecule has 6 heteroatoms. The molecule has 0 saturated heterocycles. The second kappa shape index (κ2) is 9.22. The third-order valence-corrected chi connectivity index (χ3v) is 4.96. The molecular weight excluding hydrogens is 346 g/mol. The smallest absolute Gasteiger partial charge is 0.341 e. The highest BCUT2D eigenvalue weighted by atomic mass is 16.5. The molecule has 1 aliphatic carbocycles. The number of nitrogens with one attached hydrogen (secondary N) is 1. The number of hydrogen-bond donors (Lipinski definition) is 1. The molecule has 2 atom stereocenters. The van der Waals surface area contributed by atoms with E-state index < -0.39 is 11.6 Å². The highest BCUT2D eigenvalue weighted by molar-refractivity contribution is 6.00. The molecule has 0 aliphatic heterocycles. The Bertz CT molecular complexity index is 671. The van der Waals surface area contributed by atoms with E-state index in [0.29, 0.717) is 23.6 Å². The van der Waals surface area contributed by atoms with Gasteiger partial charge in [-0.1, -0.05) is 13.8 Å². The van der Waals surface area contributed by atoms with Crippen LogP contribution in [0.5, 0.6) is 5.75 Å². The fraction of sp³-hybridized carbons (Fsp3) is 0.619. The number of esters is 1. The fourth-order valence-electron chi connectivity index (χ4n) is 2.85. The van der Waals surface area contributed by atoms with Gasteiger partial charge in [-0.2, -0.15) is 0 Å². The summed E-state index contributed by atoms with van der Waals surface area (Å²) in [6.07, 6.45) is 3.61. The van der Waals surface area contributed by atoms with Crippen LogP contribution >= 0.6 is 0 Å². The normalized spacial score (nSPS) is 16.9. The standard InChI is InChI=1S/C21H31NO5/c1-6-12-26-21(4,15-8-9-15)20(24)22-16-10-11-18(27-14(3)7-2)17(13-16)19(23)25-5/h10-11,13-15H,6-9,12H2,1-5H3,(H,22,24). The summed E-state index contributed by atoms with van der Waals surface area (Å²) in [6, 6.07) is 5.01. The van der Waals surface area contributed by atoms with Gasteiger partial charge in [0.15, 0.2) is 0 Å². The van der Waals surface area contributed by atoms with E-state index in [0.717, 1.165) is 25.7 Å². The lowest BCUT2D eigenvalue weighted by molar-refractivity contribution is -0.142. The van der Waals surface area contributed by atoms with Crippen LogP contribution in [0.15, 0.2) is 18.2 Å². The van der Waals surface area contributed by atoms with Crippen LogP contribution in [0.1, 0.15) is 63.7 Å². The minimum Gasteiger partial charge on any atom is -0.490 e. The van der Waals surface area contributed by atoms with Gasteiger partial charge in [-0.25, -0.2) is 4.79 Å². The number of ether oxygens (including phenoxy) is 3. The molecule has 1 fully saturated rings. The maximum absolute atomic E-state index is 12.9. The molecule has 1 amide bonds. The Morgan fingerprint density at radius 1 is 1.30 bits per heavy atom. The van der Waals surface area contributed by atoms with Crippen LogP contribution in [-0.4, -0.2) is 37.3 Å². The molecule has 2 unspecified atom stereocenters. The number of anilines is 1. The molecule has 6 nitrogen and oxygen atoms in total. The average molecular weight is 377 g/mol. The van der Waals surface area contributed by atoms with E-state index in [1.54, 1.807) is 18.2 Å². The molecule has 1 aromatic rings. The third-order valence-electron chi connectivity index (χ3n) is 4.96. The Labute approximate surface area is 161 Å². The van der Waals surface area contributed by atoms with Gasteiger partial charge in [0, 0.05) is 12.3 Å². The average Bonchev–Trinajstić information content (AvgIpc) is 3.52. The van der Waals surface area contributed by atoms with Crippen molar-refractivity contribution in [1.82, 2.24) is 0 Å². The number of carbonyl (C=O) groups is 2. The van der Waals surface area contributed by atoms with E-state index in [9.17, 15) is 9.59 Å². The van der Waals surface area contributed by atoms with Crippen molar-refractivity contribution in [3.8, 4) is 5.75 Å². The molecule has 1 N–H and O–H groups in total. The van der Waals surface area contributed by atoms with Gasteiger partial charge >= 0.3 is 5.97 Å². The van der Waals surface area contributed by atoms with Gasteiger partial charge in [-0.05, 0) is 63.6 Å². The van der Waals surface area contributed by atoms with Crippen molar-refractivity contribution in [2.75, 3.05) is 19.0 Å². The fourth-order valence-corrected chi connectivity index (χ4v) is 2.85. The van der Waals surface area contributed by atoms with Crippen LogP contribution in [0.4, 0.5) is 5.69 Å². The molecule has 0 spiro atoms. The SMILES string of the molecule is CCCOC(C)(C(=O)Nc1ccc(OC(C)CC)c(C(=O)OC)c1)C1CC1. The molecule has 1 aromatic carbocycles. The molecule has 0 heterocycles. The van der Waals surface area contributed by atoms with Gasteiger partial charge in [0.25, 0.3) is 5.91 Å². The topological polar surface area (TPSA) is 73.9 Å². The highest BCUT2D eigenvalue weighted by Gasteiger charge is 2.48. The molecule has 150 valence electrons. The van der Waals surface area contributed by atoms with E-state index in [1.165, 1.54) is 7.11 Å². The van der Waals surface area contributed by atoms with Gasteiger partial charge < -0.3 is 19.5 Å². The maximum atomic E-state index is 12.9. The minimum absolute atomic E-state index is 0.0329. The predicted octanol–water partition coefficient (Wildman–Crippen LogP) is 4.18. The zero-order valence-electron chi connectivity index (χ0n) is 17.0. The van der Waals surface area contributed by atoms with Crippen molar-refractivity contribution in [1.29, 1.82) is 0 Å². The van der Waals surface area contributed by atoms with E-state index in [-0.39, 0.29) is 17.9 Å². The summed E-state index contributed by atoms with van der Waals surface area (Å²) < 4.78 is 16.6. The van der Waals surface area contributed by atoms with Crippen molar-refractivity contribution in [2.45, 2.75) is 65.1 Å². The first kappa shape index (κ1) is 21.2. The first-order valence-electron chi connectivity index (χ1n) is 9.70. The molecule has 2 rings (SSSR count). The van der Waals surface area contributed by atoms with Crippen LogP contribution in [0.3, 0.4) is 0 Å². The number of carbonyl (C=O) groups excluding carboxylic acids is 2. The Balaban J connectivity index is 2.22. The van der Waals surface area contributed by atoms with Crippen LogP contribution in [0.2, 0.25) is 0 Å². The summed E-state index contributed by atoms with van der Waals surface area (Å²) in [5, 5.41) is 2.90. The molecule has 27 heavy (non-hydrogen) atoms. The van der Waals surface area contributed by atoms with Gasteiger partial charge in [-0.3, -0.25) is 4.79 Å². The molecular formula is C21H31NO5. The van der Waals surface area contributed by atoms with Crippen LogP contribution in [0.25, 0.3) is 0 Å². The summed E-state index contributed by atoms with van der Waals surface area (Å²) in [4.78, 5) is 25.1. The van der Waals surface area contributed by atoms with Gasteiger partial charge in [0.05, 0.1) is 13.2 Å². The van der Waals surface area contributed by atoms with Crippen molar-refractivity contribution >= 4 is 17.6 Å². The quantitative estimate of drug-likeness (QED) is 0.619. The van der Waals surface area contributed by atoms with E-state index in [4.69, 9.17) is 14.2 Å². The lowest BCUT2D eigenvalue weighted by atomic mass is 9.98. The van der Waals surface area contributed by atoms with Gasteiger partial charge in [-0.15, -0.1) is 0 Å². The van der Waals surface area contributed by atoms with Gasteiger partial charge in [0.2, 0.25) is 0 Å². The molecule has 0 aromatic heterocycles. The van der Waals surface area contributed by atoms with Crippen molar-refractivity contribution in [2.24, 2.45) is 5.92 Å². The number of methoxy groups -OCH3 is 1. The van der Waals surface area contributed by atoms with E-state index in [1.807, 2.05) is 27.7 Å². The lowest BCUT2D eigenvalue weighted by Crippen LogP contribution is -2.45. The van der Waals surface area contributed by atoms with Crippen LogP contribution in [0, 0.1) is 5.92 Å². The van der Waals surface area contributed by atoms with Gasteiger partial charge in [0.1, 0.15) is 16.9 Å². The van der Waals surface area contributed by atoms with Crippen molar-refractivity contribution < 1.29 is 23.8 Å². The molecule has 1 saturated carbocycles. The largest absolute Gasteiger partial charge is 0.490 e. The number of rotatable bonds is 10. The van der Waals surface area contributed by atoms with Crippen LogP contribution in [-0.2, 0) is 14.3 Å². The summed E-state index contributed by atoms with van der Waals surface area (Å²) >= 11 is 0. The predicted molar refractivity (Wildman–Crippen MR) is 104 cm³/mol. The summed E-state index contributed by atoms with van der Waals surface area (Å²) in [5.74, 6) is -0.0139. The molecule has 0 radical (unpaired) electrons. The van der Waals surface area contributed by atoms with E-state index >= 15 is 0 Å². The number of amides is 1. The number of hydrogen-bond acceptors (Lipinski definition) is 5. The second-order valence-electron chi connectivity index (χ2n) is 7.22. The zero-order chi connectivity index (χ0) is 20.0. The summed E-state index contributed by atoms with van der Waals surface area (Å²) in [7, 11) is 1.32. The minimum atomic E-state index is -0.854. The zero-order valence-corrected chi connectivity index (χ0v) is 17.0. The third kappa shape index (κ3) is 5.22. The van der Waals surface area contributed by atoms with E-state index in [2.05, 4.69) is 5.32 Å². The molecule has 0 bridgehead atoms. The Kier molecular flexibility index (Phi) is 7.25. The number of benzene rings is 1. The van der Waals surface area contributed by atoms with Crippen LogP contribution < -0.4 is 10.1 Å².